The average Bonchev–Trinajstić information content (AvgIpc) is 3.16. The van der Waals surface area contributed by atoms with Gasteiger partial charge in [-0.3, -0.25) is 9.10 Å². The third-order valence-corrected chi connectivity index (χ3v) is 5.30. The van der Waals surface area contributed by atoms with Crippen molar-refractivity contribution in [1.82, 2.24) is 5.32 Å². The van der Waals surface area contributed by atoms with Crippen molar-refractivity contribution in [2.75, 3.05) is 30.3 Å². The molecule has 0 spiro atoms. The molecule has 1 amide bonds. The number of benzene rings is 1. The molecule has 1 heterocycles. The highest BCUT2D eigenvalue weighted by atomic mass is 32.2. The monoisotopic (exact) mass is 408 g/mol. The zero-order chi connectivity index (χ0) is 20.4. The number of hydrogen-bond donors (Lipinski definition) is 1. The second kappa shape index (κ2) is 10.8. The van der Waals surface area contributed by atoms with Crippen LogP contribution in [0.1, 0.15) is 31.9 Å². The lowest BCUT2D eigenvalue weighted by Crippen LogP contribution is -2.32. The first-order chi connectivity index (χ1) is 13.4. The molecule has 1 aromatic heterocycles. The van der Waals surface area contributed by atoms with Crippen LogP contribution in [0.25, 0.3) is 0 Å². The van der Waals surface area contributed by atoms with Crippen LogP contribution >= 0.6 is 0 Å². The zero-order valence-corrected chi connectivity index (χ0v) is 17.2. The molecule has 0 atom stereocenters. The number of ether oxygens (including phenoxy) is 1. The molecule has 1 N–H and O–H groups in total. The minimum atomic E-state index is -3.44. The Hall–Kier alpha value is -2.48. The minimum absolute atomic E-state index is 0.0837. The fourth-order valence-corrected chi connectivity index (χ4v) is 3.74. The van der Waals surface area contributed by atoms with Gasteiger partial charge in [-0.2, -0.15) is 0 Å². The number of carbonyl (C=O) groups is 1. The van der Waals surface area contributed by atoms with Crippen molar-refractivity contribution in [2.45, 2.75) is 32.6 Å². The predicted molar refractivity (Wildman–Crippen MR) is 109 cm³/mol. The molecule has 0 aliphatic carbocycles. The Bertz CT molecular complexity index is 817. The van der Waals surface area contributed by atoms with E-state index >= 15 is 0 Å². The van der Waals surface area contributed by atoms with Crippen molar-refractivity contribution in [2.24, 2.45) is 0 Å². The molecule has 154 valence electrons. The van der Waals surface area contributed by atoms with Crippen molar-refractivity contribution in [3.63, 3.8) is 0 Å². The number of rotatable bonds is 12. The topological polar surface area (TPSA) is 88.8 Å². The Morgan fingerprint density at radius 1 is 1.18 bits per heavy atom. The van der Waals surface area contributed by atoms with Crippen LogP contribution in [0.4, 0.5) is 5.69 Å². The highest BCUT2D eigenvalue weighted by Crippen LogP contribution is 2.22. The van der Waals surface area contributed by atoms with E-state index in [9.17, 15) is 13.2 Å². The average molecular weight is 409 g/mol. The lowest BCUT2D eigenvalue weighted by molar-refractivity contribution is -0.121. The summed E-state index contributed by atoms with van der Waals surface area (Å²) in [6.07, 6.45) is 5.06. The molecule has 1 aromatic carbocycles. The first-order valence-electron chi connectivity index (χ1n) is 9.40. The molecule has 0 aliphatic rings. The van der Waals surface area contributed by atoms with Crippen LogP contribution in [-0.2, 0) is 21.2 Å². The first kappa shape index (κ1) is 21.8. The Labute approximate surface area is 166 Å². The van der Waals surface area contributed by atoms with E-state index in [-0.39, 0.29) is 18.9 Å². The quantitative estimate of drug-likeness (QED) is 0.546. The number of carbonyl (C=O) groups excluding carboxylic acids is 1. The molecular formula is C20H28N2O5S. The van der Waals surface area contributed by atoms with Gasteiger partial charge in [-0.15, -0.1) is 0 Å². The standard InChI is InChI=1S/C20H28N2O5S/c1-3-26-19-12-10-17(11-13-19)22(28(2,24)25)15-5-9-20(23)21-14-4-7-18-8-6-16-27-18/h6,8,10-13,16H,3-5,7,9,14-15H2,1-2H3,(H,21,23). The maximum Gasteiger partial charge on any atom is 0.232 e. The second-order valence-corrected chi connectivity index (χ2v) is 8.31. The summed E-state index contributed by atoms with van der Waals surface area (Å²) in [7, 11) is -3.44. The number of sulfonamides is 1. The Balaban J connectivity index is 1.77. The van der Waals surface area contributed by atoms with Gasteiger partial charge >= 0.3 is 0 Å². The number of aryl methyl sites for hydroxylation is 1. The van der Waals surface area contributed by atoms with E-state index in [0.717, 1.165) is 24.9 Å². The number of hydrogen-bond acceptors (Lipinski definition) is 5. The molecule has 0 saturated carbocycles. The zero-order valence-electron chi connectivity index (χ0n) is 16.4. The fourth-order valence-electron chi connectivity index (χ4n) is 2.78. The van der Waals surface area contributed by atoms with Gasteiger partial charge in [0.05, 0.1) is 24.8 Å². The molecule has 28 heavy (non-hydrogen) atoms. The molecule has 0 fully saturated rings. The van der Waals surface area contributed by atoms with Gasteiger partial charge in [0.2, 0.25) is 15.9 Å². The number of nitrogens with one attached hydrogen (secondary N) is 1. The van der Waals surface area contributed by atoms with E-state index in [0.29, 0.717) is 31.0 Å². The van der Waals surface area contributed by atoms with Crippen molar-refractivity contribution < 1.29 is 22.4 Å². The predicted octanol–water partition coefficient (Wildman–Crippen LogP) is 2.97. The molecule has 0 saturated heterocycles. The Kier molecular flexibility index (Phi) is 8.38. The number of furan rings is 1. The van der Waals surface area contributed by atoms with E-state index in [1.165, 1.54) is 4.31 Å². The summed E-state index contributed by atoms with van der Waals surface area (Å²) in [6.45, 7) is 3.24. The van der Waals surface area contributed by atoms with Crippen molar-refractivity contribution in [1.29, 1.82) is 0 Å². The lowest BCUT2D eigenvalue weighted by atomic mass is 10.2. The maximum absolute atomic E-state index is 12.1. The van der Waals surface area contributed by atoms with Gasteiger partial charge in [0.15, 0.2) is 0 Å². The van der Waals surface area contributed by atoms with E-state index in [2.05, 4.69) is 5.32 Å². The molecule has 2 aromatic rings. The smallest absolute Gasteiger partial charge is 0.232 e. The molecule has 0 radical (unpaired) electrons. The molecular weight excluding hydrogens is 380 g/mol. The second-order valence-electron chi connectivity index (χ2n) is 6.40. The maximum atomic E-state index is 12.1. The van der Waals surface area contributed by atoms with E-state index < -0.39 is 10.0 Å². The van der Waals surface area contributed by atoms with E-state index in [4.69, 9.17) is 9.15 Å². The number of anilines is 1. The molecule has 7 nitrogen and oxygen atoms in total. The SMILES string of the molecule is CCOc1ccc(N(CCCC(=O)NCCCc2ccco2)S(C)(=O)=O)cc1. The van der Waals surface area contributed by atoms with Crippen LogP contribution in [0.3, 0.4) is 0 Å². The third kappa shape index (κ3) is 7.26. The highest BCUT2D eigenvalue weighted by Gasteiger charge is 2.17. The molecule has 8 heteroatoms. The lowest BCUT2D eigenvalue weighted by Gasteiger charge is -2.22. The first-order valence-corrected chi connectivity index (χ1v) is 11.2. The van der Waals surface area contributed by atoms with Gasteiger partial charge in [-0.05, 0) is 56.2 Å². The highest BCUT2D eigenvalue weighted by molar-refractivity contribution is 7.92. The fraction of sp³-hybridized carbons (Fsp3) is 0.450. The van der Waals surface area contributed by atoms with Gasteiger partial charge in [-0.25, -0.2) is 8.42 Å². The van der Waals surface area contributed by atoms with Gasteiger partial charge in [0.1, 0.15) is 11.5 Å². The third-order valence-electron chi connectivity index (χ3n) is 4.10. The van der Waals surface area contributed by atoms with Crippen LogP contribution in [0.5, 0.6) is 5.75 Å². The Morgan fingerprint density at radius 2 is 1.93 bits per heavy atom. The van der Waals surface area contributed by atoms with Gasteiger partial charge in [-0.1, -0.05) is 0 Å². The van der Waals surface area contributed by atoms with Crippen molar-refractivity contribution >= 4 is 21.6 Å². The van der Waals surface area contributed by atoms with Crippen LogP contribution in [0.2, 0.25) is 0 Å². The van der Waals surface area contributed by atoms with Crippen LogP contribution < -0.4 is 14.4 Å². The summed E-state index contributed by atoms with van der Waals surface area (Å²) in [5, 5.41) is 2.85. The number of nitrogens with zero attached hydrogens (tertiary/aromatic N) is 1. The largest absolute Gasteiger partial charge is 0.494 e. The molecule has 2 rings (SSSR count). The van der Waals surface area contributed by atoms with Gasteiger partial charge in [0.25, 0.3) is 0 Å². The summed E-state index contributed by atoms with van der Waals surface area (Å²) >= 11 is 0. The summed E-state index contributed by atoms with van der Waals surface area (Å²) in [6, 6.07) is 10.6. The summed E-state index contributed by atoms with van der Waals surface area (Å²) in [5.74, 6) is 1.50. The Morgan fingerprint density at radius 3 is 2.54 bits per heavy atom. The van der Waals surface area contributed by atoms with E-state index in [1.54, 1.807) is 30.5 Å². The number of amides is 1. The molecule has 0 aliphatic heterocycles. The van der Waals surface area contributed by atoms with Crippen LogP contribution in [0.15, 0.2) is 47.1 Å². The van der Waals surface area contributed by atoms with Gasteiger partial charge in [0, 0.05) is 25.9 Å². The summed E-state index contributed by atoms with van der Waals surface area (Å²) in [5.41, 5.74) is 0.560. The van der Waals surface area contributed by atoms with Gasteiger partial charge < -0.3 is 14.5 Å². The summed E-state index contributed by atoms with van der Waals surface area (Å²) in [4.78, 5) is 12.0. The minimum Gasteiger partial charge on any atom is -0.494 e. The molecule has 0 bridgehead atoms. The molecule has 0 unspecified atom stereocenters. The normalized spacial score (nSPS) is 11.2. The van der Waals surface area contributed by atoms with Crippen LogP contribution in [-0.4, -0.2) is 40.3 Å². The van der Waals surface area contributed by atoms with E-state index in [1.807, 2.05) is 19.1 Å². The summed E-state index contributed by atoms with van der Waals surface area (Å²) < 4.78 is 36.2. The van der Waals surface area contributed by atoms with Crippen molar-refractivity contribution in [3.8, 4) is 5.75 Å². The van der Waals surface area contributed by atoms with Crippen molar-refractivity contribution in [3.05, 3.63) is 48.4 Å². The van der Waals surface area contributed by atoms with Crippen LogP contribution in [0, 0.1) is 0 Å².